The van der Waals surface area contributed by atoms with Crippen molar-refractivity contribution >= 4 is 11.7 Å². The lowest BCUT2D eigenvalue weighted by molar-refractivity contribution is 0.0868. The highest BCUT2D eigenvalue weighted by Gasteiger charge is 2.27. The number of carbonyl (C=O) groups excluding carboxylic acids is 2. The highest BCUT2D eigenvalue weighted by molar-refractivity contribution is 6.04. The summed E-state index contributed by atoms with van der Waals surface area (Å²) in [6, 6.07) is 0. The summed E-state index contributed by atoms with van der Waals surface area (Å²) in [5, 5.41) is 12.9. The molecule has 0 bridgehead atoms. The molecule has 0 radical (unpaired) electrons. The molecule has 1 amide bonds. The minimum absolute atomic E-state index is 0.0787. The molecule has 0 fully saturated rings. The minimum atomic E-state index is -0.601. The second-order valence-corrected chi connectivity index (χ2v) is 6.10. The fourth-order valence-corrected chi connectivity index (χ4v) is 3.17. The van der Waals surface area contributed by atoms with E-state index in [4.69, 9.17) is 0 Å². The number of H-pyrrole nitrogens is 1. The average Bonchev–Trinajstić information content (AvgIpc) is 2.88. The van der Waals surface area contributed by atoms with Gasteiger partial charge in [0.1, 0.15) is 0 Å². The number of nitrogens with one attached hydrogen (secondary N) is 2. The van der Waals surface area contributed by atoms with E-state index in [1.54, 1.807) is 0 Å². The fourth-order valence-electron chi connectivity index (χ4n) is 3.17. The molecule has 0 spiro atoms. The lowest BCUT2D eigenvalue weighted by Crippen LogP contribution is -2.40. The Morgan fingerprint density at radius 1 is 1.35 bits per heavy atom. The van der Waals surface area contributed by atoms with E-state index in [0.29, 0.717) is 24.2 Å². The van der Waals surface area contributed by atoms with E-state index in [-0.39, 0.29) is 18.2 Å². The number of aromatic nitrogens is 1. The Hall–Kier alpha value is -1.66. The van der Waals surface area contributed by atoms with Gasteiger partial charge in [0, 0.05) is 25.2 Å². The van der Waals surface area contributed by atoms with E-state index in [0.717, 1.165) is 37.2 Å². The summed E-state index contributed by atoms with van der Waals surface area (Å²) in [4.78, 5) is 29.5. The van der Waals surface area contributed by atoms with Crippen LogP contribution in [-0.4, -0.2) is 59.0 Å². The molecular formula is C17H27N3O3. The molecular weight excluding hydrogens is 294 g/mol. The van der Waals surface area contributed by atoms with Crippen LogP contribution in [0, 0.1) is 6.92 Å². The van der Waals surface area contributed by atoms with Crippen molar-refractivity contribution in [3.63, 3.8) is 0 Å². The van der Waals surface area contributed by atoms with Crippen LogP contribution < -0.4 is 5.32 Å². The first-order chi connectivity index (χ1) is 11.0. The maximum atomic E-state index is 12.5. The van der Waals surface area contributed by atoms with Gasteiger partial charge in [-0.1, -0.05) is 13.8 Å². The number of hydrogen-bond acceptors (Lipinski definition) is 4. The van der Waals surface area contributed by atoms with E-state index in [1.807, 2.05) is 20.8 Å². The zero-order valence-corrected chi connectivity index (χ0v) is 14.2. The summed E-state index contributed by atoms with van der Waals surface area (Å²) in [5.74, 6) is -0.136. The number of amides is 1. The highest BCUT2D eigenvalue weighted by atomic mass is 16.3. The number of ketones is 1. The molecule has 0 aliphatic heterocycles. The number of fused-ring (bicyclic) bond motifs is 1. The first-order valence-electron chi connectivity index (χ1n) is 8.41. The van der Waals surface area contributed by atoms with Crippen molar-refractivity contribution in [2.45, 2.75) is 46.1 Å². The van der Waals surface area contributed by atoms with E-state index in [9.17, 15) is 14.7 Å². The number of hydrogen-bond donors (Lipinski definition) is 3. The third-order valence-electron chi connectivity index (χ3n) is 4.49. The van der Waals surface area contributed by atoms with Crippen LogP contribution in [0.2, 0.25) is 0 Å². The second-order valence-electron chi connectivity index (χ2n) is 6.10. The molecule has 6 nitrogen and oxygen atoms in total. The van der Waals surface area contributed by atoms with Crippen LogP contribution in [0.3, 0.4) is 0 Å². The summed E-state index contributed by atoms with van der Waals surface area (Å²) in [7, 11) is 0. The monoisotopic (exact) mass is 321 g/mol. The predicted octanol–water partition coefficient (Wildman–Crippen LogP) is 1.27. The van der Waals surface area contributed by atoms with Crippen LogP contribution in [0.4, 0.5) is 0 Å². The number of nitrogens with zero attached hydrogens (tertiary/aromatic N) is 1. The standard InChI is InChI=1S/C17H27N3O3/c1-4-20(5-2)10-12(21)9-18-17(23)15-11(3)19-16-13(15)7-6-8-14(16)22/h12,19,21H,4-10H2,1-3H3,(H,18,23). The number of aryl methyl sites for hydroxylation is 1. The summed E-state index contributed by atoms with van der Waals surface area (Å²) in [6.45, 7) is 8.39. The van der Waals surface area contributed by atoms with Crippen LogP contribution in [0.15, 0.2) is 0 Å². The number of likely N-dealkylation sites (N-methyl/N-ethyl adjacent to an activating group) is 1. The van der Waals surface area contributed by atoms with Crippen molar-refractivity contribution in [3.8, 4) is 0 Å². The molecule has 1 heterocycles. The zero-order chi connectivity index (χ0) is 17.0. The summed E-state index contributed by atoms with van der Waals surface area (Å²) < 4.78 is 0. The van der Waals surface area contributed by atoms with Crippen molar-refractivity contribution in [2.24, 2.45) is 0 Å². The van der Waals surface area contributed by atoms with Gasteiger partial charge in [-0.15, -0.1) is 0 Å². The molecule has 3 N–H and O–H groups in total. The fraction of sp³-hybridized carbons (Fsp3) is 0.647. The van der Waals surface area contributed by atoms with E-state index < -0.39 is 6.10 Å². The van der Waals surface area contributed by atoms with Gasteiger partial charge in [-0.05, 0) is 38.4 Å². The Labute approximate surface area is 137 Å². The largest absolute Gasteiger partial charge is 0.390 e. The van der Waals surface area contributed by atoms with Crippen LogP contribution >= 0.6 is 0 Å². The zero-order valence-electron chi connectivity index (χ0n) is 14.2. The van der Waals surface area contributed by atoms with Crippen LogP contribution in [0.25, 0.3) is 0 Å². The van der Waals surface area contributed by atoms with E-state index in [2.05, 4.69) is 15.2 Å². The van der Waals surface area contributed by atoms with Crippen molar-refractivity contribution < 1.29 is 14.7 Å². The number of aliphatic hydroxyl groups excluding tert-OH is 1. The third-order valence-corrected chi connectivity index (χ3v) is 4.49. The van der Waals surface area contributed by atoms with Gasteiger partial charge in [0.2, 0.25) is 0 Å². The number of aromatic amines is 1. The molecule has 128 valence electrons. The average molecular weight is 321 g/mol. The Morgan fingerprint density at radius 3 is 2.70 bits per heavy atom. The molecule has 1 unspecified atom stereocenters. The number of aliphatic hydroxyl groups is 1. The van der Waals surface area contributed by atoms with Gasteiger partial charge in [-0.3, -0.25) is 9.59 Å². The molecule has 0 saturated carbocycles. The van der Waals surface area contributed by atoms with Crippen molar-refractivity contribution in [1.29, 1.82) is 0 Å². The van der Waals surface area contributed by atoms with Gasteiger partial charge in [0.05, 0.1) is 17.4 Å². The summed E-state index contributed by atoms with van der Waals surface area (Å²) >= 11 is 0. The van der Waals surface area contributed by atoms with Gasteiger partial charge in [0.25, 0.3) is 5.91 Å². The van der Waals surface area contributed by atoms with Crippen molar-refractivity contribution in [1.82, 2.24) is 15.2 Å². The lowest BCUT2D eigenvalue weighted by Gasteiger charge is -2.22. The molecule has 1 atom stereocenters. The maximum absolute atomic E-state index is 12.5. The SMILES string of the molecule is CCN(CC)CC(O)CNC(=O)c1c(C)[nH]c2c1CCCC2=O. The van der Waals surface area contributed by atoms with Gasteiger partial charge < -0.3 is 20.3 Å². The second kappa shape index (κ2) is 7.75. The molecule has 0 saturated heterocycles. The molecule has 1 aliphatic rings. The number of Topliss-reactive ketones (excluding diaryl/α,β-unsaturated/α-hetero) is 1. The van der Waals surface area contributed by atoms with Gasteiger partial charge >= 0.3 is 0 Å². The Bertz CT molecular complexity index is 576. The van der Waals surface area contributed by atoms with Gasteiger partial charge in [-0.2, -0.15) is 0 Å². The van der Waals surface area contributed by atoms with Crippen molar-refractivity contribution in [3.05, 3.63) is 22.5 Å². The summed E-state index contributed by atoms with van der Waals surface area (Å²) in [5.41, 5.74) is 2.71. The summed E-state index contributed by atoms with van der Waals surface area (Å²) in [6.07, 6.45) is 1.47. The lowest BCUT2D eigenvalue weighted by atomic mass is 9.93. The minimum Gasteiger partial charge on any atom is -0.390 e. The van der Waals surface area contributed by atoms with Crippen LogP contribution in [-0.2, 0) is 6.42 Å². The van der Waals surface area contributed by atoms with Gasteiger partial charge in [-0.25, -0.2) is 0 Å². The Balaban J connectivity index is 2.00. The normalized spacial score (nSPS) is 15.6. The molecule has 1 aromatic heterocycles. The quantitative estimate of drug-likeness (QED) is 0.706. The molecule has 1 aromatic rings. The molecule has 2 rings (SSSR count). The molecule has 6 heteroatoms. The molecule has 23 heavy (non-hydrogen) atoms. The smallest absolute Gasteiger partial charge is 0.253 e. The Morgan fingerprint density at radius 2 is 2.04 bits per heavy atom. The first kappa shape index (κ1) is 17.7. The predicted molar refractivity (Wildman–Crippen MR) is 88.9 cm³/mol. The van der Waals surface area contributed by atoms with E-state index in [1.165, 1.54) is 0 Å². The third kappa shape index (κ3) is 4.00. The van der Waals surface area contributed by atoms with Crippen LogP contribution in [0.1, 0.15) is 58.8 Å². The molecule has 1 aliphatic carbocycles. The Kier molecular flexibility index (Phi) is 5.96. The molecule has 0 aromatic carbocycles. The topological polar surface area (TPSA) is 85.4 Å². The number of carbonyl (C=O) groups is 2. The first-order valence-corrected chi connectivity index (χ1v) is 8.41. The van der Waals surface area contributed by atoms with Crippen molar-refractivity contribution in [2.75, 3.05) is 26.2 Å². The number of rotatable bonds is 7. The highest BCUT2D eigenvalue weighted by Crippen LogP contribution is 2.26. The van der Waals surface area contributed by atoms with Crippen LogP contribution in [0.5, 0.6) is 0 Å². The van der Waals surface area contributed by atoms with Gasteiger partial charge in [0.15, 0.2) is 5.78 Å². The maximum Gasteiger partial charge on any atom is 0.253 e. The van der Waals surface area contributed by atoms with E-state index >= 15 is 0 Å².